The molecule has 0 aromatic carbocycles. The summed E-state index contributed by atoms with van der Waals surface area (Å²) in [6.45, 7) is 2.24. The molecule has 1 spiro atoms. The van der Waals surface area contributed by atoms with Crippen LogP contribution in [0.25, 0.3) is 0 Å². The van der Waals surface area contributed by atoms with Crippen LogP contribution in [0.4, 0.5) is 0 Å². The molecule has 2 saturated heterocycles. The highest BCUT2D eigenvalue weighted by Crippen LogP contribution is 2.40. The van der Waals surface area contributed by atoms with Crippen molar-refractivity contribution in [3.05, 3.63) is 0 Å². The van der Waals surface area contributed by atoms with Gasteiger partial charge in [-0.2, -0.15) is 0 Å². The Hall–Kier alpha value is -0.650. The van der Waals surface area contributed by atoms with Gasteiger partial charge in [0.1, 0.15) is 0 Å². The number of aliphatic hydroxyl groups excluding tert-OH is 2. The second-order valence-corrected chi connectivity index (χ2v) is 5.35. The van der Waals surface area contributed by atoms with Crippen LogP contribution in [0.1, 0.15) is 19.3 Å². The van der Waals surface area contributed by atoms with Crippen molar-refractivity contribution in [1.29, 1.82) is 0 Å². The third-order valence-corrected chi connectivity index (χ3v) is 4.27. The Bertz CT molecular complexity index is 293. The van der Waals surface area contributed by atoms with Gasteiger partial charge in [0.2, 0.25) is 5.91 Å². The van der Waals surface area contributed by atoms with Crippen molar-refractivity contribution in [2.45, 2.75) is 25.3 Å². The lowest BCUT2D eigenvalue weighted by molar-refractivity contribution is -0.144. The maximum absolute atomic E-state index is 12.3. The zero-order valence-corrected chi connectivity index (χ0v) is 10.4. The second kappa shape index (κ2) is 4.92. The number of aliphatic hydroxyl groups is 2. The van der Waals surface area contributed by atoms with E-state index in [4.69, 9.17) is 0 Å². The SMILES string of the molecule is CN1CCC[C@]2(CCN(C(CO)CO)C2)C1=O. The van der Waals surface area contributed by atoms with Crippen LogP contribution in [-0.4, -0.2) is 71.9 Å². The Morgan fingerprint density at radius 2 is 2.00 bits per heavy atom. The predicted octanol–water partition coefficient (Wildman–Crippen LogP) is -0.716. The smallest absolute Gasteiger partial charge is 0.229 e. The van der Waals surface area contributed by atoms with E-state index in [1.807, 2.05) is 11.9 Å². The molecule has 0 aromatic rings. The number of hydrogen-bond donors (Lipinski definition) is 2. The molecule has 2 rings (SSSR count). The number of carbonyl (C=O) groups excluding carboxylic acids is 1. The molecule has 2 N–H and O–H groups in total. The Labute approximate surface area is 102 Å². The van der Waals surface area contributed by atoms with E-state index in [-0.39, 0.29) is 30.6 Å². The molecule has 2 aliphatic rings. The van der Waals surface area contributed by atoms with Crippen molar-refractivity contribution in [2.75, 3.05) is 39.9 Å². The van der Waals surface area contributed by atoms with Gasteiger partial charge in [0.05, 0.1) is 24.7 Å². The normalized spacial score (nSPS) is 30.8. The molecular weight excluding hydrogens is 220 g/mol. The summed E-state index contributed by atoms with van der Waals surface area (Å²) in [5.74, 6) is 0.237. The van der Waals surface area contributed by atoms with Crippen molar-refractivity contribution in [2.24, 2.45) is 5.41 Å². The van der Waals surface area contributed by atoms with Crippen molar-refractivity contribution < 1.29 is 15.0 Å². The maximum atomic E-state index is 12.3. The first-order chi connectivity index (χ1) is 8.13. The molecule has 2 fully saturated rings. The maximum Gasteiger partial charge on any atom is 0.229 e. The molecule has 5 nitrogen and oxygen atoms in total. The fourth-order valence-corrected chi connectivity index (χ4v) is 3.15. The van der Waals surface area contributed by atoms with E-state index in [1.54, 1.807) is 0 Å². The van der Waals surface area contributed by atoms with E-state index in [0.717, 1.165) is 32.4 Å². The lowest BCUT2D eigenvalue weighted by atomic mass is 9.78. The zero-order valence-electron chi connectivity index (χ0n) is 10.4. The molecule has 0 aromatic heterocycles. The molecule has 0 bridgehead atoms. The van der Waals surface area contributed by atoms with Crippen LogP contribution in [0, 0.1) is 5.41 Å². The zero-order chi connectivity index (χ0) is 12.5. The van der Waals surface area contributed by atoms with Gasteiger partial charge in [0, 0.05) is 20.1 Å². The largest absolute Gasteiger partial charge is 0.395 e. The summed E-state index contributed by atoms with van der Waals surface area (Å²) in [5, 5.41) is 18.4. The van der Waals surface area contributed by atoms with Gasteiger partial charge < -0.3 is 15.1 Å². The quantitative estimate of drug-likeness (QED) is 0.686. The third-order valence-electron chi connectivity index (χ3n) is 4.27. The van der Waals surface area contributed by atoms with Crippen molar-refractivity contribution >= 4 is 5.91 Å². The van der Waals surface area contributed by atoms with Crippen LogP contribution >= 0.6 is 0 Å². The van der Waals surface area contributed by atoms with Gasteiger partial charge in [-0.3, -0.25) is 9.69 Å². The van der Waals surface area contributed by atoms with Crippen LogP contribution in [-0.2, 0) is 4.79 Å². The fraction of sp³-hybridized carbons (Fsp3) is 0.917. The first kappa shape index (κ1) is 12.8. The summed E-state index contributed by atoms with van der Waals surface area (Å²) < 4.78 is 0. The first-order valence-corrected chi connectivity index (χ1v) is 6.34. The van der Waals surface area contributed by atoms with Crippen LogP contribution in [0.15, 0.2) is 0 Å². The Morgan fingerprint density at radius 3 is 2.65 bits per heavy atom. The summed E-state index contributed by atoms with van der Waals surface area (Å²) in [7, 11) is 1.86. The van der Waals surface area contributed by atoms with Gasteiger partial charge in [-0.15, -0.1) is 0 Å². The number of amides is 1. The Morgan fingerprint density at radius 1 is 1.29 bits per heavy atom. The van der Waals surface area contributed by atoms with Crippen LogP contribution in [0.3, 0.4) is 0 Å². The second-order valence-electron chi connectivity index (χ2n) is 5.35. The molecule has 98 valence electrons. The fourth-order valence-electron chi connectivity index (χ4n) is 3.15. The van der Waals surface area contributed by atoms with Crippen LogP contribution in [0.2, 0.25) is 0 Å². The van der Waals surface area contributed by atoms with Gasteiger partial charge in [-0.1, -0.05) is 0 Å². The van der Waals surface area contributed by atoms with Crippen molar-refractivity contribution in [3.63, 3.8) is 0 Å². The van der Waals surface area contributed by atoms with Crippen molar-refractivity contribution in [1.82, 2.24) is 9.80 Å². The van der Waals surface area contributed by atoms with Gasteiger partial charge >= 0.3 is 0 Å². The van der Waals surface area contributed by atoms with Gasteiger partial charge in [-0.25, -0.2) is 0 Å². The minimum absolute atomic E-state index is 0.0450. The molecule has 2 heterocycles. The van der Waals surface area contributed by atoms with E-state index in [9.17, 15) is 15.0 Å². The number of hydrogen-bond acceptors (Lipinski definition) is 4. The minimum Gasteiger partial charge on any atom is -0.395 e. The molecule has 2 aliphatic heterocycles. The molecule has 17 heavy (non-hydrogen) atoms. The summed E-state index contributed by atoms with van der Waals surface area (Å²) in [6, 6.07) is -0.214. The van der Waals surface area contributed by atoms with E-state index < -0.39 is 0 Å². The Kier molecular flexibility index (Phi) is 3.70. The number of carbonyl (C=O) groups is 1. The van der Waals surface area contributed by atoms with E-state index in [2.05, 4.69) is 4.90 Å². The summed E-state index contributed by atoms with van der Waals surface area (Å²) in [4.78, 5) is 16.1. The summed E-state index contributed by atoms with van der Waals surface area (Å²) >= 11 is 0. The van der Waals surface area contributed by atoms with Crippen molar-refractivity contribution in [3.8, 4) is 0 Å². The van der Waals surface area contributed by atoms with E-state index in [0.29, 0.717) is 6.54 Å². The number of piperidine rings is 1. The highest BCUT2D eigenvalue weighted by atomic mass is 16.3. The number of nitrogens with zero attached hydrogens (tertiary/aromatic N) is 2. The number of likely N-dealkylation sites (tertiary alicyclic amines) is 2. The predicted molar refractivity (Wildman–Crippen MR) is 63.5 cm³/mol. The molecule has 1 amide bonds. The highest BCUT2D eigenvalue weighted by Gasteiger charge is 2.48. The minimum atomic E-state index is -0.254. The van der Waals surface area contributed by atoms with E-state index in [1.165, 1.54) is 0 Å². The molecule has 0 aliphatic carbocycles. The van der Waals surface area contributed by atoms with E-state index >= 15 is 0 Å². The topological polar surface area (TPSA) is 64.0 Å². The molecule has 5 heteroatoms. The third kappa shape index (κ3) is 2.19. The molecule has 0 unspecified atom stereocenters. The Balaban J connectivity index is 2.07. The highest BCUT2D eigenvalue weighted by molar-refractivity contribution is 5.83. The standard InChI is InChI=1S/C12H22N2O3/c1-13-5-2-3-12(11(13)17)4-6-14(9-12)10(7-15)8-16/h10,15-16H,2-9H2,1H3/t12-/m1/s1. The summed E-state index contributed by atoms with van der Waals surface area (Å²) in [5.41, 5.74) is -0.254. The van der Waals surface area contributed by atoms with Gasteiger partial charge in [-0.05, 0) is 25.8 Å². The summed E-state index contributed by atoms with van der Waals surface area (Å²) in [6.07, 6.45) is 2.85. The molecule has 0 saturated carbocycles. The molecular formula is C12H22N2O3. The lowest BCUT2D eigenvalue weighted by Gasteiger charge is -2.38. The monoisotopic (exact) mass is 242 g/mol. The lowest BCUT2D eigenvalue weighted by Crippen LogP contribution is -2.49. The van der Waals surface area contributed by atoms with Crippen LogP contribution in [0.5, 0.6) is 0 Å². The molecule has 0 radical (unpaired) electrons. The average molecular weight is 242 g/mol. The first-order valence-electron chi connectivity index (χ1n) is 6.34. The molecule has 1 atom stereocenters. The van der Waals surface area contributed by atoms with Crippen LogP contribution < -0.4 is 0 Å². The number of rotatable bonds is 3. The van der Waals surface area contributed by atoms with Gasteiger partial charge in [0.25, 0.3) is 0 Å². The van der Waals surface area contributed by atoms with Gasteiger partial charge in [0.15, 0.2) is 0 Å². The average Bonchev–Trinajstić information content (AvgIpc) is 2.73.